The third-order valence-electron chi connectivity index (χ3n) is 1.08. The number of nitrogen functional groups attached to an aromatic ring is 2. The number of nitrogens with two attached hydrogens (primary N) is 2. The Hall–Kier alpha value is -1.30. The quantitative estimate of drug-likeness (QED) is 0.676. The summed E-state index contributed by atoms with van der Waals surface area (Å²) in [5.41, 5.74) is 11.7. The molecule has 13 heavy (non-hydrogen) atoms. The van der Waals surface area contributed by atoms with Crippen molar-refractivity contribution in [2.45, 2.75) is 13.8 Å². The maximum Gasteiger partial charge on any atom is 0.345 e. The lowest BCUT2D eigenvalue weighted by Gasteiger charge is -1.80. The molecule has 0 bridgehead atoms. The number of hydrogen-bond donors (Lipinski definition) is 2. The zero-order chi connectivity index (χ0) is 10.4. The first-order valence-corrected chi connectivity index (χ1v) is 4.19. The number of hydrogen-bond acceptors (Lipinski definition) is 5. The van der Waals surface area contributed by atoms with Crippen molar-refractivity contribution in [2.24, 2.45) is 0 Å². The van der Waals surface area contributed by atoms with E-state index in [-0.39, 0.29) is 0 Å². The number of carbonyl (C=O) groups excluding carboxylic acids is 1. The van der Waals surface area contributed by atoms with Gasteiger partial charge in [0.05, 0.1) is 5.00 Å². The topological polar surface area (TPSA) is 78.3 Å². The number of thiophene rings is 1. The molecule has 74 valence electrons. The Balaban J connectivity index is 0.000000252. The molecule has 6 heteroatoms. The number of rotatable bonds is 0. The van der Waals surface area contributed by atoms with Gasteiger partial charge < -0.3 is 11.5 Å². The fourth-order valence-corrected chi connectivity index (χ4v) is 1.24. The van der Waals surface area contributed by atoms with Crippen LogP contribution in [0, 0.1) is 6.92 Å². The molecule has 0 atom stereocenters. The van der Waals surface area contributed by atoms with E-state index in [1.807, 2.05) is 6.92 Å². The van der Waals surface area contributed by atoms with Crippen molar-refractivity contribution in [3.63, 3.8) is 0 Å². The van der Waals surface area contributed by atoms with Crippen molar-refractivity contribution in [1.29, 1.82) is 0 Å². The number of anilines is 2. The Morgan fingerprint density at radius 1 is 1.62 bits per heavy atom. The highest BCUT2D eigenvalue weighted by Crippen LogP contribution is 2.24. The zero-order valence-electron chi connectivity index (χ0n) is 7.33. The van der Waals surface area contributed by atoms with Crippen LogP contribution in [0.4, 0.5) is 15.2 Å². The van der Waals surface area contributed by atoms with E-state index in [0.29, 0.717) is 0 Å². The van der Waals surface area contributed by atoms with E-state index in [1.165, 1.54) is 11.3 Å². The SMILES string of the molecule is CC(=O)OF.Cc1sc(N)cc1N. The number of halogens is 1. The van der Waals surface area contributed by atoms with Crippen LogP contribution >= 0.6 is 11.3 Å². The van der Waals surface area contributed by atoms with Gasteiger partial charge in [0, 0.05) is 22.0 Å². The van der Waals surface area contributed by atoms with Crippen molar-refractivity contribution < 1.29 is 14.3 Å². The van der Waals surface area contributed by atoms with E-state index in [2.05, 4.69) is 4.94 Å². The molecule has 0 aliphatic rings. The predicted octanol–water partition coefficient (Wildman–Crippen LogP) is 1.65. The van der Waals surface area contributed by atoms with E-state index in [4.69, 9.17) is 11.5 Å². The van der Waals surface area contributed by atoms with Gasteiger partial charge in [-0.1, -0.05) is 0 Å². The van der Waals surface area contributed by atoms with Crippen LogP contribution in [0.3, 0.4) is 0 Å². The number of aryl methyl sites for hydroxylation is 1. The number of carbonyl (C=O) groups is 1. The molecule has 0 unspecified atom stereocenters. The van der Waals surface area contributed by atoms with Gasteiger partial charge in [0.2, 0.25) is 0 Å². The van der Waals surface area contributed by atoms with Gasteiger partial charge in [-0.05, 0) is 13.0 Å². The lowest BCUT2D eigenvalue weighted by Crippen LogP contribution is -1.83. The Morgan fingerprint density at radius 2 is 2.08 bits per heavy atom. The highest BCUT2D eigenvalue weighted by atomic mass is 32.1. The van der Waals surface area contributed by atoms with Crippen molar-refractivity contribution in [3.8, 4) is 0 Å². The third-order valence-corrected chi connectivity index (χ3v) is 1.98. The molecule has 0 radical (unpaired) electrons. The van der Waals surface area contributed by atoms with Crippen LogP contribution in [0.1, 0.15) is 11.8 Å². The van der Waals surface area contributed by atoms with Crippen LogP contribution in [0.2, 0.25) is 0 Å². The highest BCUT2D eigenvalue weighted by Gasteiger charge is 1.95. The van der Waals surface area contributed by atoms with Crippen LogP contribution in [-0.2, 0) is 9.74 Å². The summed E-state index contributed by atoms with van der Waals surface area (Å²) in [6, 6.07) is 1.78. The van der Waals surface area contributed by atoms with Crippen molar-refractivity contribution >= 4 is 28.0 Å². The van der Waals surface area contributed by atoms with Crippen LogP contribution in [-0.4, -0.2) is 5.97 Å². The Labute approximate surface area is 79.2 Å². The third kappa shape index (κ3) is 5.02. The smallest absolute Gasteiger partial charge is 0.345 e. The second-order valence-corrected chi connectivity index (χ2v) is 3.52. The molecule has 0 saturated carbocycles. The summed E-state index contributed by atoms with van der Waals surface area (Å²) in [5.74, 6) is -0.912. The first kappa shape index (κ1) is 11.7. The average Bonchev–Trinajstić information content (AvgIpc) is 2.31. The van der Waals surface area contributed by atoms with Crippen LogP contribution in [0.15, 0.2) is 6.07 Å². The van der Waals surface area contributed by atoms with Gasteiger partial charge in [-0.3, -0.25) is 4.94 Å². The van der Waals surface area contributed by atoms with Gasteiger partial charge in [-0.2, -0.15) is 0 Å². The van der Waals surface area contributed by atoms with Crippen LogP contribution in [0.25, 0.3) is 0 Å². The van der Waals surface area contributed by atoms with Crippen LogP contribution < -0.4 is 11.5 Å². The largest absolute Gasteiger partial charge is 0.398 e. The van der Waals surface area contributed by atoms with Gasteiger partial charge in [0.25, 0.3) is 0 Å². The van der Waals surface area contributed by atoms with E-state index < -0.39 is 5.97 Å². The van der Waals surface area contributed by atoms with Crippen LogP contribution in [0.5, 0.6) is 0 Å². The van der Waals surface area contributed by atoms with Crippen molar-refractivity contribution in [1.82, 2.24) is 0 Å². The average molecular weight is 206 g/mol. The fourth-order valence-electron chi connectivity index (χ4n) is 0.520. The summed E-state index contributed by atoms with van der Waals surface area (Å²) in [6.45, 7) is 2.94. The maximum absolute atomic E-state index is 10.3. The molecular formula is C7H11FN2O2S. The summed E-state index contributed by atoms with van der Waals surface area (Å²) in [7, 11) is 0. The normalized spacial score (nSPS) is 8.54. The van der Waals surface area contributed by atoms with E-state index in [0.717, 1.165) is 22.5 Å². The first-order valence-electron chi connectivity index (χ1n) is 3.38. The predicted molar refractivity (Wildman–Crippen MR) is 50.8 cm³/mol. The monoisotopic (exact) mass is 206 g/mol. The molecule has 0 saturated heterocycles. The molecular weight excluding hydrogens is 195 g/mol. The minimum atomic E-state index is -0.912. The summed E-state index contributed by atoms with van der Waals surface area (Å²) >= 11 is 1.52. The van der Waals surface area contributed by atoms with Gasteiger partial charge in [-0.25, -0.2) is 4.79 Å². The van der Waals surface area contributed by atoms with Gasteiger partial charge in [0.15, 0.2) is 0 Å². The Kier molecular flexibility index (Phi) is 4.83. The summed E-state index contributed by atoms with van der Waals surface area (Å²) in [4.78, 5) is 12.9. The van der Waals surface area contributed by atoms with Crippen molar-refractivity contribution in [2.75, 3.05) is 11.5 Å². The highest BCUT2D eigenvalue weighted by molar-refractivity contribution is 7.16. The molecule has 0 aliphatic heterocycles. The zero-order valence-corrected chi connectivity index (χ0v) is 8.15. The van der Waals surface area contributed by atoms with Crippen molar-refractivity contribution in [3.05, 3.63) is 10.9 Å². The van der Waals surface area contributed by atoms with E-state index in [9.17, 15) is 9.32 Å². The fraction of sp³-hybridized carbons (Fsp3) is 0.286. The molecule has 1 heterocycles. The second-order valence-electron chi connectivity index (χ2n) is 2.23. The van der Waals surface area contributed by atoms with Gasteiger partial charge in [-0.15, -0.1) is 11.3 Å². The molecule has 1 rings (SSSR count). The Morgan fingerprint density at radius 3 is 2.15 bits per heavy atom. The minimum Gasteiger partial charge on any atom is -0.398 e. The molecule has 4 N–H and O–H groups in total. The Bertz CT molecular complexity index is 269. The molecule has 0 fully saturated rings. The van der Waals surface area contributed by atoms with E-state index in [1.54, 1.807) is 6.07 Å². The second kappa shape index (κ2) is 5.36. The lowest BCUT2D eigenvalue weighted by molar-refractivity contribution is -0.180. The maximum atomic E-state index is 10.3. The molecule has 0 aromatic carbocycles. The molecule has 4 nitrogen and oxygen atoms in total. The summed E-state index contributed by atoms with van der Waals surface area (Å²) in [6.07, 6.45) is 0. The van der Waals surface area contributed by atoms with Gasteiger partial charge >= 0.3 is 5.97 Å². The van der Waals surface area contributed by atoms with Gasteiger partial charge in [0.1, 0.15) is 0 Å². The molecule has 0 amide bonds. The molecule has 1 aromatic heterocycles. The lowest BCUT2D eigenvalue weighted by atomic mass is 10.4. The summed E-state index contributed by atoms with van der Waals surface area (Å²) < 4.78 is 10.3. The first-order chi connectivity index (χ1) is 5.97. The summed E-state index contributed by atoms with van der Waals surface area (Å²) in [5, 5.41) is 0.792. The molecule has 1 aromatic rings. The molecule has 0 spiro atoms. The minimum absolute atomic E-state index is 0.792. The molecule has 0 aliphatic carbocycles. The standard InChI is InChI=1S/C5H8N2S.C2H3FO2/c1-3-4(6)2-5(7)8-3;1-2(4)5-3/h2H,6-7H2,1H3;1H3. The van der Waals surface area contributed by atoms with E-state index >= 15 is 0 Å².